The molecule has 0 saturated carbocycles. The number of nitrogens with one attached hydrogen (secondary N) is 2. The fourth-order valence-electron chi connectivity index (χ4n) is 4.60. The van der Waals surface area contributed by atoms with E-state index in [0.29, 0.717) is 64.9 Å². The largest absolute Gasteiger partial charge is 0.463 e. The van der Waals surface area contributed by atoms with Crippen molar-refractivity contribution in [1.29, 1.82) is 0 Å². The fraction of sp³-hybridized carbons (Fsp3) is 0.391. The molecule has 0 spiro atoms. The van der Waals surface area contributed by atoms with Crippen LogP contribution in [0.25, 0.3) is 0 Å². The Morgan fingerprint density at radius 1 is 1.37 bits per heavy atom. The van der Waals surface area contributed by atoms with Gasteiger partial charge in [-0.2, -0.15) is 0 Å². The van der Waals surface area contributed by atoms with E-state index in [-0.39, 0.29) is 18.7 Å². The number of halogens is 2. The number of amidine groups is 1. The van der Waals surface area contributed by atoms with E-state index in [1.165, 1.54) is 23.5 Å². The van der Waals surface area contributed by atoms with Crippen LogP contribution in [0.1, 0.15) is 23.5 Å². The van der Waals surface area contributed by atoms with Crippen LogP contribution in [0.4, 0.5) is 9.18 Å². The Balaban J connectivity index is 1.54. The van der Waals surface area contributed by atoms with Gasteiger partial charge in [-0.3, -0.25) is 9.89 Å². The van der Waals surface area contributed by atoms with Crippen LogP contribution >= 0.6 is 27.3 Å². The summed E-state index contributed by atoms with van der Waals surface area (Å²) in [6.45, 7) is 4.96. The molecule has 2 aromatic rings. The number of fused-ring (bicyclic) bond motifs is 1. The van der Waals surface area contributed by atoms with Gasteiger partial charge in [0, 0.05) is 54.5 Å². The van der Waals surface area contributed by atoms with E-state index >= 15 is 0 Å². The molecule has 4 heterocycles. The number of esters is 1. The fourth-order valence-corrected chi connectivity index (χ4v) is 5.76. The summed E-state index contributed by atoms with van der Waals surface area (Å²) in [5, 5.41) is 8.77. The Kier molecular flexibility index (Phi) is 6.85. The summed E-state index contributed by atoms with van der Waals surface area (Å²) < 4.78 is 19.8. The zero-order chi connectivity index (χ0) is 24.5. The number of urea groups is 1. The summed E-state index contributed by atoms with van der Waals surface area (Å²) in [6, 6.07) is 3.69. The van der Waals surface area contributed by atoms with Gasteiger partial charge in [-0.05, 0) is 24.6 Å². The Labute approximate surface area is 214 Å². The van der Waals surface area contributed by atoms with Crippen molar-refractivity contribution in [3.8, 4) is 0 Å². The minimum absolute atomic E-state index is 0.0312. The number of aromatic nitrogens is 1. The van der Waals surface area contributed by atoms with E-state index in [4.69, 9.17) is 9.73 Å². The van der Waals surface area contributed by atoms with Crippen LogP contribution in [0.3, 0.4) is 0 Å². The van der Waals surface area contributed by atoms with E-state index < -0.39 is 17.8 Å². The van der Waals surface area contributed by atoms with Crippen molar-refractivity contribution < 1.29 is 18.7 Å². The van der Waals surface area contributed by atoms with Crippen molar-refractivity contribution in [2.24, 2.45) is 4.99 Å². The lowest BCUT2D eigenvalue weighted by Crippen LogP contribution is -2.53. The van der Waals surface area contributed by atoms with E-state index in [0.717, 1.165) is 0 Å². The maximum atomic E-state index is 13.9. The van der Waals surface area contributed by atoms with Gasteiger partial charge >= 0.3 is 12.0 Å². The van der Waals surface area contributed by atoms with Crippen LogP contribution in [0.2, 0.25) is 0 Å². The first-order valence-electron chi connectivity index (χ1n) is 11.3. The molecule has 3 aliphatic heterocycles. The Morgan fingerprint density at radius 3 is 2.97 bits per heavy atom. The molecule has 0 aliphatic carbocycles. The van der Waals surface area contributed by atoms with Crippen molar-refractivity contribution in [3.05, 3.63) is 61.9 Å². The molecular weight excluding hydrogens is 539 g/mol. The zero-order valence-corrected chi connectivity index (χ0v) is 21.4. The lowest BCUT2D eigenvalue weighted by molar-refractivity contribution is -0.139. The van der Waals surface area contributed by atoms with Crippen molar-refractivity contribution in [2.75, 3.05) is 39.3 Å². The molecule has 2 saturated heterocycles. The lowest BCUT2D eigenvalue weighted by atomic mass is 9.95. The van der Waals surface area contributed by atoms with Crippen LogP contribution in [-0.2, 0) is 9.53 Å². The van der Waals surface area contributed by atoms with Gasteiger partial charge in [0.15, 0.2) is 10.8 Å². The van der Waals surface area contributed by atoms with Gasteiger partial charge in [0.25, 0.3) is 0 Å². The molecule has 2 fully saturated rings. The van der Waals surface area contributed by atoms with Gasteiger partial charge < -0.3 is 20.3 Å². The number of ether oxygens (including phenoxy) is 1. The number of hydrogen-bond donors (Lipinski definition) is 2. The second kappa shape index (κ2) is 10.0. The van der Waals surface area contributed by atoms with Crippen LogP contribution in [0, 0.1) is 5.82 Å². The van der Waals surface area contributed by atoms with Crippen molar-refractivity contribution in [1.82, 2.24) is 25.4 Å². The van der Waals surface area contributed by atoms with Crippen LogP contribution < -0.4 is 10.6 Å². The molecular formula is C23H24BrFN6O3S. The second-order valence-electron chi connectivity index (χ2n) is 8.39. The summed E-state index contributed by atoms with van der Waals surface area (Å²) >= 11 is 4.88. The summed E-state index contributed by atoms with van der Waals surface area (Å²) in [4.78, 5) is 38.6. The van der Waals surface area contributed by atoms with Gasteiger partial charge in [0.2, 0.25) is 0 Å². The standard InChI is InChI=1S/C23H24BrFN6O3S/c1-2-34-22(32)18-17(12-30-6-7-31-14(11-30)10-27-23(31)33)28-20(21-26-5-8-35-21)29-19(18)15-4-3-13(25)9-16(15)24/h3-5,8-9,14,19H,2,6-7,10-12H2,1H3,(H,27,33)(H,28,29). The van der Waals surface area contributed by atoms with E-state index in [1.807, 2.05) is 10.3 Å². The third kappa shape index (κ3) is 4.82. The number of amides is 2. The summed E-state index contributed by atoms with van der Waals surface area (Å²) in [7, 11) is 0. The van der Waals surface area contributed by atoms with Crippen LogP contribution in [0.5, 0.6) is 0 Å². The summed E-state index contributed by atoms with van der Waals surface area (Å²) in [5.41, 5.74) is 1.69. The normalized spacial score (nSPS) is 22.4. The average Bonchev–Trinajstić information content (AvgIpc) is 3.49. The quantitative estimate of drug-likeness (QED) is 0.525. The van der Waals surface area contributed by atoms with Gasteiger partial charge in [0.1, 0.15) is 11.9 Å². The van der Waals surface area contributed by atoms with Crippen LogP contribution in [0.15, 0.2) is 50.5 Å². The minimum Gasteiger partial charge on any atom is -0.463 e. The Hall–Kier alpha value is -2.83. The lowest BCUT2D eigenvalue weighted by Gasteiger charge is -2.38. The summed E-state index contributed by atoms with van der Waals surface area (Å²) in [5.74, 6) is -0.326. The Bertz CT molecular complexity index is 1200. The van der Waals surface area contributed by atoms with Gasteiger partial charge in [-0.25, -0.2) is 19.0 Å². The third-order valence-corrected chi connectivity index (χ3v) is 7.68. The molecule has 2 unspecified atom stereocenters. The molecule has 9 nitrogen and oxygen atoms in total. The number of rotatable bonds is 6. The Morgan fingerprint density at radius 2 is 2.23 bits per heavy atom. The summed E-state index contributed by atoms with van der Waals surface area (Å²) in [6.07, 6.45) is 1.70. The van der Waals surface area contributed by atoms with Gasteiger partial charge in [0.05, 0.1) is 18.2 Å². The highest BCUT2D eigenvalue weighted by Gasteiger charge is 2.38. The number of aliphatic imine (C=N–C) groups is 1. The maximum Gasteiger partial charge on any atom is 0.338 e. The van der Waals surface area contributed by atoms with Crippen LogP contribution in [-0.4, -0.2) is 78.0 Å². The number of thiazole rings is 1. The highest BCUT2D eigenvalue weighted by atomic mass is 79.9. The molecule has 35 heavy (non-hydrogen) atoms. The SMILES string of the molecule is CCOC(=O)C1=C(CN2CCN3C(=O)NCC3C2)NC(c2nccs2)=NC1c1ccc(F)cc1Br. The first kappa shape index (κ1) is 23.9. The predicted octanol–water partition coefficient (Wildman–Crippen LogP) is 2.66. The second-order valence-corrected chi connectivity index (χ2v) is 10.1. The topological polar surface area (TPSA) is 99.2 Å². The molecule has 2 atom stereocenters. The number of benzene rings is 1. The molecule has 0 bridgehead atoms. The molecule has 2 amide bonds. The molecule has 5 rings (SSSR count). The van der Waals surface area contributed by atoms with Crippen molar-refractivity contribution >= 4 is 45.1 Å². The molecule has 1 aromatic heterocycles. The highest BCUT2D eigenvalue weighted by Crippen LogP contribution is 2.37. The maximum absolute atomic E-state index is 13.9. The van der Waals surface area contributed by atoms with Gasteiger partial charge in [-0.15, -0.1) is 11.3 Å². The van der Waals surface area contributed by atoms with E-state index in [9.17, 15) is 14.0 Å². The molecule has 1 aromatic carbocycles. The van der Waals surface area contributed by atoms with Crippen molar-refractivity contribution in [3.63, 3.8) is 0 Å². The minimum atomic E-state index is -0.713. The number of nitrogens with zero attached hydrogens (tertiary/aromatic N) is 4. The number of carbonyl (C=O) groups excluding carboxylic acids is 2. The van der Waals surface area contributed by atoms with Crippen molar-refractivity contribution in [2.45, 2.75) is 19.0 Å². The van der Waals surface area contributed by atoms with Gasteiger partial charge in [-0.1, -0.05) is 22.0 Å². The first-order valence-corrected chi connectivity index (χ1v) is 13.0. The number of piperazine rings is 1. The highest BCUT2D eigenvalue weighted by molar-refractivity contribution is 9.10. The average molecular weight is 563 g/mol. The number of carbonyl (C=O) groups is 2. The smallest absolute Gasteiger partial charge is 0.338 e. The monoisotopic (exact) mass is 562 g/mol. The van der Waals surface area contributed by atoms with E-state index in [1.54, 1.807) is 19.2 Å². The third-order valence-electron chi connectivity index (χ3n) is 6.21. The predicted molar refractivity (Wildman–Crippen MR) is 133 cm³/mol. The first-order chi connectivity index (χ1) is 16.9. The molecule has 12 heteroatoms. The zero-order valence-electron chi connectivity index (χ0n) is 19.0. The molecule has 0 radical (unpaired) electrons. The number of hydrogen-bond acceptors (Lipinski definition) is 8. The molecule has 3 aliphatic rings. The molecule has 184 valence electrons. The molecule has 2 N–H and O–H groups in total. The van der Waals surface area contributed by atoms with E-state index in [2.05, 4.69) is 36.4 Å².